The van der Waals surface area contributed by atoms with Crippen molar-refractivity contribution in [3.8, 4) is 0 Å². The molecule has 1 amide bonds. The van der Waals surface area contributed by atoms with Gasteiger partial charge in [-0.3, -0.25) is 4.79 Å². The second kappa shape index (κ2) is 6.01. The molecule has 0 aromatic heterocycles. The van der Waals surface area contributed by atoms with Crippen LogP contribution in [0.1, 0.15) is 43.6 Å². The fourth-order valence-electron chi connectivity index (χ4n) is 1.56. The average Bonchev–Trinajstić information content (AvgIpc) is 2.34. The highest BCUT2D eigenvalue weighted by molar-refractivity contribution is 5.94. The van der Waals surface area contributed by atoms with Gasteiger partial charge in [-0.1, -0.05) is 39.8 Å². The van der Waals surface area contributed by atoms with E-state index < -0.39 is 0 Å². The van der Waals surface area contributed by atoms with Crippen molar-refractivity contribution >= 4 is 5.91 Å². The Balaban J connectivity index is 2.65. The van der Waals surface area contributed by atoms with Gasteiger partial charge in [-0.15, -0.1) is 0 Å². The Morgan fingerprint density at radius 2 is 1.83 bits per heavy atom. The predicted molar refractivity (Wildman–Crippen MR) is 73.7 cm³/mol. The first kappa shape index (κ1) is 14.7. The molecule has 1 rings (SSSR count). The zero-order valence-electron chi connectivity index (χ0n) is 11.7. The van der Waals surface area contributed by atoms with Crippen LogP contribution in [0.4, 0.5) is 0 Å². The van der Waals surface area contributed by atoms with Crippen molar-refractivity contribution in [2.75, 3.05) is 13.2 Å². The van der Waals surface area contributed by atoms with Gasteiger partial charge in [0.2, 0.25) is 0 Å². The number of rotatable bonds is 4. The quantitative estimate of drug-likeness (QED) is 0.860. The van der Waals surface area contributed by atoms with Gasteiger partial charge in [-0.25, -0.2) is 0 Å². The third-order valence-corrected chi connectivity index (χ3v) is 2.94. The van der Waals surface area contributed by atoms with Crippen molar-refractivity contribution in [2.24, 2.45) is 5.92 Å². The lowest BCUT2D eigenvalue weighted by molar-refractivity contribution is 0.0942. The maximum atomic E-state index is 11.8. The zero-order chi connectivity index (χ0) is 13.8. The van der Waals surface area contributed by atoms with Gasteiger partial charge < -0.3 is 10.4 Å². The summed E-state index contributed by atoms with van der Waals surface area (Å²) < 4.78 is 0. The number of carbonyl (C=O) groups excluding carboxylic acids is 1. The van der Waals surface area contributed by atoms with Crippen molar-refractivity contribution in [1.82, 2.24) is 5.32 Å². The minimum absolute atomic E-state index is 0.0859. The first-order valence-electron chi connectivity index (χ1n) is 6.34. The van der Waals surface area contributed by atoms with E-state index in [1.54, 1.807) is 0 Å². The molecule has 2 N–H and O–H groups in total. The second-order valence-electron chi connectivity index (χ2n) is 5.83. The van der Waals surface area contributed by atoms with Gasteiger partial charge in [0.15, 0.2) is 0 Å². The highest BCUT2D eigenvalue weighted by atomic mass is 16.3. The number of aliphatic hydroxyl groups is 1. The highest BCUT2D eigenvalue weighted by Crippen LogP contribution is 2.22. The standard InChI is InChI=1S/C15H23NO2/c1-11(10-17)9-16-14(18)12-5-7-13(8-6-12)15(2,3)4/h5-8,11,17H,9-10H2,1-4H3,(H,16,18). The molecule has 0 aliphatic rings. The summed E-state index contributed by atoms with van der Waals surface area (Å²) in [5.41, 5.74) is 1.97. The van der Waals surface area contributed by atoms with Gasteiger partial charge in [0.1, 0.15) is 0 Å². The minimum atomic E-state index is -0.0873. The van der Waals surface area contributed by atoms with Crippen molar-refractivity contribution in [2.45, 2.75) is 33.1 Å². The maximum absolute atomic E-state index is 11.8. The van der Waals surface area contributed by atoms with Crippen LogP contribution in [0, 0.1) is 5.92 Å². The van der Waals surface area contributed by atoms with Crippen molar-refractivity contribution in [1.29, 1.82) is 0 Å². The SMILES string of the molecule is CC(CO)CNC(=O)c1ccc(C(C)(C)C)cc1. The lowest BCUT2D eigenvalue weighted by Gasteiger charge is -2.19. The second-order valence-corrected chi connectivity index (χ2v) is 5.83. The molecule has 0 spiro atoms. The summed E-state index contributed by atoms with van der Waals surface area (Å²) in [5.74, 6) is -0.00134. The van der Waals surface area contributed by atoms with Crippen LogP contribution in [0.3, 0.4) is 0 Å². The van der Waals surface area contributed by atoms with Crippen molar-refractivity contribution in [3.05, 3.63) is 35.4 Å². The van der Waals surface area contributed by atoms with E-state index >= 15 is 0 Å². The van der Waals surface area contributed by atoms with E-state index in [2.05, 4.69) is 26.1 Å². The monoisotopic (exact) mass is 249 g/mol. The molecule has 0 aliphatic heterocycles. The van der Waals surface area contributed by atoms with Gasteiger partial charge in [0.05, 0.1) is 0 Å². The normalized spacial score (nSPS) is 13.2. The van der Waals surface area contributed by atoms with Gasteiger partial charge >= 0.3 is 0 Å². The molecule has 0 radical (unpaired) electrons. The average molecular weight is 249 g/mol. The number of nitrogens with one attached hydrogen (secondary N) is 1. The molecule has 3 heteroatoms. The Morgan fingerprint density at radius 1 is 1.28 bits per heavy atom. The molecule has 1 atom stereocenters. The molecule has 0 saturated heterocycles. The summed E-state index contributed by atoms with van der Waals surface area (Å²) in [6.45, 7) is 8.91. The number of aliphatic hydroxyl groups excluding tert-OH is 1. The molecular formula is C15H23NO2. The predicted octanol–water partition coefficient (Wildman–Crippen LogP) is 2.34. The smallest absolute Gasteiger partial charge is 0.251 e. The third kappa shape index (κ3) is 4.15. The van der Waals surface area contributed by atoms with Gasteiger partial charge in [-0.2, -0.15) is 0 Å². The number of amides is 1. The Kier molecular flexibility index (Phi) is 4.91. The number of hydrogen-bond donors (Lipinski definition) is 2. The Hall–Kier alpha value is -1.35. The molecule has 1 aromatic carbocycles. The van der Waals surface area contributed by atoms with Gasteiger partial charge in [0.25, 0.3) is 5.91 Å². The van der Waals surface area contributed by atoms with Gasteiger partial charge in [-0.05, 0) is 29.0 Å². The number of hydrogen-bond acceptors (Lipinski definition) is 2. The summed E-state index contributed by atoms with van der Waals surface area (Å²) in [7, 11) is 0. The number of carbonyl (C=O) groups is 1. The summed E-state index contributed by atoms with van der Waals surface area (Å²) in [4.78, 5) is 11.8. The van der Waals surface area contributed by atoms with E-state index in [1.807, 2.05) is 31.2 Å². The number of benzene rings is 1. The highest BCUT2D eigenvalue weighted by Gasteiger charge is 2.14. The molecule has 18 heavy (non-hydrogen) atoms. The maximum Gasteiger partial charge on any atom is 0.251 e. The Labute approximate surface area is 109 Å². The molecule has 3 nitrogen and oxygen atoms in total. The van der Waals surface area contributed by atoms with E-state index in [4.69, 9.17) is 5.11 Å². The third-order valence-electron chi connectivity index (χ3n) is 2.94. The minimum Gasteiger partial charge on any atom is -0.396 e. The summed E-state index contributed by atoms with van der Waals surface area (Å²) in [5, 5.41) is 11.7. The topological polar surface area (TPSA) is 49.3 Å². The largest absolute Gasteiger partial charge is 0.396 e. The van der Waals surface area contributed by atoms with Crippen LogP contribution in [0.5, 0.6) is 0 Å². The van der Waals surface area contributed by atoms with Crippen LogP contribution in [-0.4, -0.2) is 24.2 Å². The fraction of sp³-hybridized carbons (Fsp3) is 0.533. The summed E-state index contributed by atoms with van der Waals surface area (Å²) >= 11 is 0. The molecule has 1 aromatic rings. The van der Waals surface area contributed by atoms with Crippen LogP contribution < -0.4 is 5.32 Å². The first-order chi connectivity index (χ1) is 8.34. The van der Waals surface area contributed by atoms with Crippen molar-refractivity contribution < 1.29 is 9.90 Å². The molecule has 0 bridgehead atoms. The van der Waals surface area contributed by atoms with Crippen LogP contribution >= 0.6 is 0 Å². The molecule has 1 unspecified atom stereocenters. The van der Waals surface area contributed by atoms with Gasteiger partial charge in [0, 0.05) is 18.7 Å². The van der Waals surface area contributed by atoms with Crippen LogP contribution in [0.25, 0.3) is 0 Å². The first-order valence-corrected chi connectivity index (χ1v) is 6.34. The summed E-state index contributed by atoms with van der Waals surface area (Å²) in [6, 6.07) is 7.67. The van der Waals surface area contributed by atoms with Crippen LogP contribution in [0.2, 0.25) is 0 Å². The molecule has 0 fully saturated rings. The lowest BCUT2D eigenvalue weighted by atomic mass is 9.87. The van der Waals surface area contributed by atoms with Crippen LogP contribution in [-0.2, 0) is 5.41 Å². The molecular weight excluding hydrogens is 226 g/mol. The van der Waals surface area contributed by atoms with E-state index in [9.17, 15) is 4.79 Å². The van der Waals surface area contributed by atoms with E-state index in [1.165, 1.54) is 5.56 Å². The Bertz CT molecular complexity index is 390. The lowest BCUT2D eigenvalue weighted by Crippen LogP contribution is -2.29. The van der Waals surface area contributed by atoms with E-state index in [0.29, 0.717) is 12.1 Å². The van der Waals surface area contributed by atoms with E-state index in [-0.39, 0.29) is 23.8 Å². The molecule has 0 aliphatic carbocycles. The molecule has 0 saturated carbocycles. The summed E-state index contributed by atoms with van der Waals surface area (Å²) in [6.07, 6.45) is 0. The molecule has 0 heterocycles. The zero-order valence-corrected chi connectivity index (χ0v) is 11.7. The fourth-order valence-corrected chi connectivity index (χ4v) is 1.56. The Morgan fingerprint density at radius 3 is 2.28 bits per heavy atom. The van der Waals surface area contributed by atoms with E-state index in [0.717, 1.165) is 0 Å². The molecule has 100 valence electrons. The van der Waals surface area contributed by atoms with Crippen LogP contribution in [0.15, 0.2) is 24.3 Å². The van der Waals surface area contributed by atoms with Crippen molar-refractivity contribution in [3.63, 3.8) is 0 Å².